The van der Waals surface area contributed by atoms with Gasteiger partial charge in [0.2, 0.25) is 0 Å². The number of ether oxygens (including phenoxy) is 1. The summed E-state index contributed by atoms with van der Waals surface area (Å²) < 4.78 is 5.50. The summed E-state index contributed by atoms with van der Waals surface area (Å²) in [5, 5.41) is 6.87. The van der Waals surface area contributed by atoms with Gasteiger partial charge in [-0.15, -0.1) is 11.3 Å². The van der Waals surface area contributed by atoms with E-state index in [-0.39, 0.29) is 0 Å². The predicted molar refractivity (Wildman–Crippen MR) is 82.0 cm³/mol. The number of likely N-dealkylation sites (tertiary alicyclic amines) is 1. The highest BCUT2D eigenvalue weighted by atomic mass is 32.1. The number of rotatable bonds is 4. The maximum atomic E-state index is 5.50. The number of thiazole rings is 1. The third-order valence-electron chi connectivity index (χ3n) is 4.90. The highest BCUT2D eigenvalue weighted by Crippen LogP contribution is 2.43. The molecule has 1 aromatic rings. The van der Waals surface area contributed by atoms with E-state index >= 15 is 0 Å². The van der Waals surface area contributed by atoms with Crippen LogP contribution < -0.4 is 5.32 Å². The molecule has 4 nitrogen and oxygen atoms in total. The first-order valence-corrected chi connectivity index (χ1v) is 8.43. The third kappa shape index (κ3) is 2.91. The van der Waals surface area contributed by atoms with Gasteiger partial charge in [-0.3, -0.25) is 4.90 Å². The van der Waals surface area contributed by atoms with Crippen LogP contribution >= 0.6 is 11.3 Å². The van der Waals surface area contributed by atoms with Gasteiger partial charge in [0.25, 0.3) is 0 Å². The van der Waals surface area contributed by atoms with Gasteiger partial charge in [0.1, 0.15) is 0 Å². The lowest BCUT2D eigenvalue weighted by Gasteiger charge is -2.38. The van der Waals surface area contributed by atoms with E-state index in [4.69, 9.17) is 4.74 Å². The lowest BCUT2D eigenvalue weighted by atomic mass is 9.71. The number of methoxy groups -OCH3 is 1. The Labute approximate surface area is 125 Å². The van der Waals surface area contributed by atoms with Crippen LogP contribution in [0, 0.1) is 18.3 Å². The second-order valence-corrected chi connectivity index (χ2v) is 7.35. The lowest BCUT2D eigenvalue weighted by Crippen LogP contribution is -2.43. The van der Waals surface area contributed by atoms with Crippen molar-refractivity contribution in [1.29, 1.82) is 0 Å². The van der Waals surface area contributed by atoms with Crippen LogP contribution in [0.2, 0.25) is 0 Å². The monoisotopic (exact) mass is 295 g/mol. The highest BCUT2D eigenvalue weighted by molar-refractivity contribution is 7.09. The van der Waals surface area contributed by atoms with Gasteiger partial charge in [-0.05, 0) is 38.3 Å². The number of aromatic nitrogens is 1. The minimum Gasteiger partial charge on any atom is -0.384 e. The fourth-order valence-corrected chi connectivity index (χ4v) is 4.50. The van der Waals surface area contributed by atoms with Crippen molar-refractivity contribution in [3.8, 4) is 0 Å². The van der Waals surface area contributed by atoms with Crippen molar-refractivity contribution < 1.29 is 4.74 Å². The van der Waals surface area contributed by atoms with E-state index in [1.165, 1.54) is 30.1 Å². The van der Waals surface area contributed by atoms with Gasteiger partial charge < -0.3 is 10.1 Å². The molecular weight excluding hydrogens is 270 g/mol. The summed E-state index contributed by atoms with van der Waals surface area (Å²) in [4.78, 5) is 7.20. The molecule has 0 bridgehead atoms. The second-order valence-electron chi connectivity index (χ2n) is 6.29. The van der Waals surface area contributed by atoms with Crippen LogP contribution in [-0.4, -0.2) is 49.8 Å². The van der Waals surface area contributed by atoms with E-state index in [2.05, 4.69) is 27.5 Å². The first-order valence-electron chi connectivity index (χ1n) is 7.55. The van der Waals surface area contributed by atoms with Crippen molar-refractivity contribution in [3.05, 3.63) is 16.1 Å². The molecule has 0 radical (unpaired) electrons. The molecule has 2 fully saturated rings. The maximum absolute atomic E-state index is 5.50. The summed E-state index contributed by atoms with van der Waals surface area (Å²) in [6, 6.07) is 0. The fourth-order valence-electron chi connectivity index (χ4n) is 3.90. The largest absolute Gasteiger partial charge is 0.384 e. The van der Waals surface area contributed by atoms with Crippen LogP contribution in [0.3, 0.4) is 0 Å². The van der Waals surface area contributed by atoms with Crippen molar-refractivity contribution in [1.82, 2.24) is 15.2 Å². The standard InChI is InChI=1S/C15H25N3OS/c1-12-17-14(10-20-12)8-18-7-13(9-19-2)15(11-18)3-5-16-6-4-15/h10,13,16H,3-9,11H2,1-2H3/t13-/m1/s1. The SMILES string of the molecule is COC[C@H]1CN(Cc2csc(C)n2)CC12CCNCC2. The summed E-state index contributed by atoms with van der Waals surface area (Å²) in [7, 11) is 1.83. The number of hydrogen-bond donors (Lipinski definition) is 1. The summed E-state index contributed by atoms with van der Waals surface area (Å²) in [6.45, 7) is 8.66. The van der Waals surface area contributed by atoms with Crippen molar-refractivity contribution in [2.75, 3.05) is 39.9 Å². The van der Waals surface area contributed by atoms with Crippen LogP contribution in [0.1, 0.15) is 23.5 Å². The molecule has 2 aliphatic rings. The van der Waals surface area contributed by atoms with Gasteiger partial charge in [-0.1, -0.05) is 0 Å². The zero-order valence-electron chi connectivity index (χ0n) is 12.5. The van der Waals surface area contributed by atoms with E-state index in [0.29, 0.717) is 11.3 Å². The van der Waals surface area contributed by atoms with Gasteiger partial charge >= 0.3 is 0 Å². The van der Waals surface area contributed by atoms with E-state index < -0.39 is 0 Å². The zero-order valence-corrected chi connectivity index (χ0v) is 13.3. The normalized spacial score (nSPS) is 26.4. The summed E-state index contributed by atoms with van der Waals surface area (Å²) in [5.41, 5.74) is 1.70. The second kappa shape index (κ2) is 6.10. The Morgan fingerprint density at radius 2 is 2.30 bits per heavy atom. The average Bonchev–Trinajstić information content (AvgIpc) is 2.97. The number of hydrogen-bond acceptors (Lipinski definition) is 5. The summed E-state index contributed by atoms with van der Waals surface area (Å²) in [6.07, 6.45) is 2.57. The van der Waals surface area contributed by atoms with Crippen molar-refractivity contribution in [3.63, 3.8) is 0 Å². The summed E-state index contributed by atoms with van der Waals surface area (Å²) in [5.74, 6) is 0.675. The average molecular weight is 295 g/mol. The Morgan fingerprint density at radius 3 is 2.95 bits per heavy atom. The molecular formula is C15H25N3OS. The van der Waals surface area contributed by atoms with Gasteiger partial charge in [-0.2, -0.15) is 0 Å². The van der Waals surface area contributed by atoms with Crippen LogP contribution in [0.5, 0.6) is 0 Å². The molecule has 112 valence electrons. The first-order chi connectivity index (χ1) is 9.72. The topological polar surface area (TPSA) is 37.4 Å². The molecule has 2 aliphatic heterocycles. The van der Waals surface area contributed by atoms with Crippen LogP contribution in [0.15, 0.2) is 5.38 Å². The van der Waals surface area contributed by atoms with Crippen molar-refractivity contribution >= 4 is 11.3 Å². The molecule has 2 saturated heterocycles. The van der Waals surface area contributed by atoms with Gasteiger partial charge in [0.15, 0.2) is 0 Å². The molecule has 1 N–H and O–H groups in total. The van der Waals surface area contributed by atoms with Crippen molar-refractivity contribution in [2.24, 2.45) is 11.3 Å². The molecule has 1 atom stereocenters. The van der Waals surface area contributed by atoms with E-state index in [0.717, 1.165) is 32.8 Å². The molecule has 0 amide bonds. The molecule has 1 spiro atoms. The minimum atomic E-state index is 0.465. The molecule has 0 saturated carbocycles. The summed E-state index contributed by atoms with van der Waals surface area (Å²) >= 11 is 1.75. The molecule has 20 heavy (non-hydrogen) atoms. The Kier molecular flexibility index (Phi) is 4.40. The molecule has 0 unspecified atom stereocenters. The smallest absolute Gasteiger partial charge is 0.0897 e. The van der Waals surface area contributed by atoms with Gasteiger partial charge in [0, 0.05) is 38.0 Å². The van der Waals surface area contributed by atoms with Crippen molar-refractivity contribution in [2.45, 2.75) is 26.3 Å². The van der Waals surface area contributed by atoms with Crippen LogP contribution in [-0.2, 0) is 11.3 Å². The highest BCUT2D eigenvalue weighted by Gasteiger charge is 2.46. The zero-order chi connectivity index (χ0) is 14.0. The Hall–Kier alpha value is -0.490. The Morgan fingerprint density at radius 1 is 1.50 bits per heavy atom. The van der Waals surface area contributed by atoms with Crippen LogP contribution in [0.25, 0.3) is 0 Å². The number of nitrogens with one attached hydrogen (secondary N) is 1. The maximum Gasteiger partial charge on any atom is 0.0897 e. The molecule has 0 aromatic carbocycles. The predicted octanol–water partition coefficient (Wildman–Crippen LogP) is 1.90. The van der Waals surface area contributed by atoms with Gasteiger partial charge in [-0.25, -0.2) is 4.98 Å². The van der Waals surface area contributed by atoms with E-state index in [9.17, 15) is 0 Å². The Balaban J connectivity index is 1.69. The molecule has 1 aromatic heterocycles. The van der Waals surface area contributed by atoms with E-state index in [1.807, 2.05) is 7.11 Å². The number of aryl methyl sites for hydroxylation is 1. The lowest BCUT2D eigenvalue weighted by molar-refractivity contribution is 0.0716. The molecule has 3 rings (SSSR count). The van der Waals surface area contributed by atoms with E-state index in [1.54, 1.807) is 11.3 Å². The fraction of sp³-hybridized carbons (Fsp3) is 0.800. The quantitative estimate of drug-likeness (QED) is 0.920. The Bertz CT molecular complexity index is 442. The molecule has 5 heteroatoms. The third-order valence-corrected chi connectivity index (χ3v) is 5.72. The number of piperidine rings is 1. The molecule has 3 heterocycles. The minimum absolute atomic E-state index is 0.465. The number of nitrogens with zero attached hydrogens (tertiary/aromatic N) is 2. The van der Waals surface area contributed by atoms with Crippen LogP contribution in [0.4, 0.5) is 0 Å². The van der Waals surface area contributed by atoms with Gasteiger partial charge in [0.05, 0.1) is 17.3 Å². The molecule has 0 aliphatic carbocycles. The first kappa shape index (κ1) is 14.4.